The highest BCUT2D eigenvalue weighted by Crippen LogP contribution is 2.29. The minimum Gasteiger partial charge on any atom is -0.350 e. The summed E-state index contributed by atoms with van der Waals surface area (Å²) in [6, 6.07) is 18.1. The predicted octanol–water partition coefficient (Wildman–Crippen LogP) is 4.93. The smallest absolute Gasteiger partial charge is 0.252 e. The van der Waals surface area contributed by atoms with Crippen molar-refractivity contribution in [1.29, 1.82) is 0 Å². The Hall–Kier alpha value is -2.14. The van der Waals surface area contributed by atoms with E-state index in [9.17, 15) is 4.79 Å². The van der Waals surface area contributed by atoms with Gasteiger partial charge in [0.05, 0.1) is 16.6 Å². The summed E-state index contributed by atoms with van der Waals surface area (Å²) in [5, 5.41) is 7.84. The van der Waals surface area contributed by atoms with E-state index in [0.717, 1.165) is 19.5 Å². The molecule has 1 aliphatic heterocycles. The SMILES string of the molecule is O=C(NCC(c1ccsc1)N1CCc2ccccc2C1)c1ccccc1Cl. The summed E-state index contributed by atoms with van der Waals surface area (Å²) < 4.78 is 0. The molecule has 27 heavy (non-hydrogen) atoms. The van der Waals surface area contributed by atoms with Gasteiger partial charge in [0.2, 0.25) is 0 Å². The number of rotatable bonds is 5. The lowest BCUT2D eigenvalue weighted by Crippen LogP contribution is -2.40. The Morgan fingerprint density at radius 2 is 1.89 bits per heavy atom. The van der Waals surface area contributed by atoms with Crippen LogP contribution < -0.4 is 5.32 Å². The normalized spacial score (nSPS) is 15.1. The fourth-order valence-electron chi connectivity index (χ4n) is 3.64. The van der Waals surface area contributed by atoms with Crippen molar-refractivity contribution in [3.63, 3.8) is 0 Å². The van der Waals surface area contributed by atoms with E-state index >= 15 is 0 Å². The number of nitrogens with zero attached hydrogens (tertiary/aromatic N) is 1. The minimum atomic E-state index is -0.127. The van der Waals surface area contributed by atoms with E-state index in [-0.39, 0.29) is 11.9 Å². The van der Waals surface area contributed by atoms with Crippen LogP contribution in [-0.4, -0.2) is 23.9 Å². The van der Waals surface area contributed by atoms with Gasteiger partial charge in [0, 0.05) is 19.6 Å². The maximum absolute atomic E-state index is 12.6. The lowest BCUT2D eigenvalue weighted by molar-refractivity contribution is 0.0928. The highest BCUT2D eigenvalue weighted by Gasteiger charge is 2.25. The summed E-state index contributed by atoms with van der Waals surface area (Å²) in [5.41, 5.74) is 4.57. The van der Waals surface area contributed by atoms with Crippen LogP contribution in [0, 0.1) is 0 Å². The Morgan fingerprint density at radius 1 is 1.11 bits per heavy atom. The molecule has 5 heteroatoms. The van der Waals surface area contributed by atoms with Crippen LogP contribution in [0.15, 0.2) is 65.4 Å². The summed E-state index contributed by atoms with van der Waals surface area (Å²) in [6.45, 7) is 2.45. The van der Waals surface area contributed by atoms with E-state index in [1.165, 1.54) is 16.7 Å². The van der Waals surface area contributed by atoms with Crippen LogP contribution in [-0.2, 0) is 13.0 Å². The molecule has 0 aliphatic carbocycles. The molecule has 0 saturated heterocycles. The Morgan fingerprint density at radius 3 is 2.67 bits per heavy atom. The lowest BCUT2D eigenvalue weighted by atomic mass is 9.97. The minimum absolute atomic E-state index is 0.127. The highest BCUT2D eigenvalue weighted by molar-refractivity contribution is 7.08. The number of hydrogen-bond donors (Lipinski definition) is 1. The fraction of sp³-hybridized carbons (Fsp3) is 0.227. The number of nitrogens with one attached hydrogen (secondary N) is 1. The summed E-state index contributed by atoms with van der Waals surface area (Å²) in [7, 11) is 0. The first kappa shape index (κ1) is 18.2. The number of hydrogen-bond acceptors (Lipinski definition) is 3. The van der Waals surface area contributed by atoms with E-state index in [4.69, 9.17) is 11.6 Å². The molecular formula is C22H21ClN2OS. The summed E-state index contributed by atoms with van der Waals surface area (Å²) >= 11 is 7.86. The van der Waals surface area contributed by atoms with Gasteiger partial charge >= 0.3 is 0 Å². The number of halogens is 1. The molecule has 3 aromatic rings. The highest BCUT2D eigenvalue weighted by atomic mass is 35.5. The van der Waals surface area contributed by atoms with Crippen LogP contribution in [0.1, 0.15) is 33.1 Å². The molecule has 4 rings (SSSR count). The number of fused-ring (bicyclic) bond motifs is 1. The molecule has 1 atom stereocenters. The van der Waals surface area contributed by atoms with Crippen LogP contribution >= 0.6 is 22.9 Å². The largest absolute Gasteiger partial charge is 0.350 e. The van der Waals surface area contributed by atoms with Crippen LogP contribution in [0.2, 0.25) is 5.02 Å². The number of carbonyl (C=O) groups excluding carboxylic acids is 1. The van der Waals surface area contributed by atoms with Gasteiger partial charge < -0.3 is 5.32 Å². The Balaban J connectivity index is 1.51. The Kier molecular flexibility index (Phi) is 5.58. The lowest BCUT2D eigenvalue weighted by Gasteiger charge is -2.35. The van der Waals surface area contributed by atoms with Crippen LogP contribution in [0.25, 0.3) is 0 Å². The number of carbonyl (C=O) groups is 1. The molecule has 0 fully saturated rings. The van der Waals surface area contributed by atoms with Crippen LogP contribution in [0.5, 0.6) is 0 Å². The molecule has 138 valence electrons. The van der Waals surface area contributed by atoms with Gasteiger partial charge in [-0.3, -0.25) is 9.69 Å². The van der Waals surface area contributed by atoms with Crippen molar-refractivity contribution in [2.75, 3.05) is 13.1 Å². The molecule has 2 heterocycles. The van der Waals surface area contributed by atoms with Crippen molar-refractivity contribution in [3.8, 4) is 0 Å². The molecular weight excluding hydrogens is 376 g/mol. The number of amides is 1. The maximum Gasteiger partial charge on any atom is 0.252 e. The summed E-state index contributed by atoms with van der Waals surface area (Å²) in [6.07, 6.45) is 1.04. The molecule has 1 N–H and O–H groups in total. The van der Waals surface area contributed by atoms with E-state index in [0.29, 0.717) is 17.1 Å². The maximum atomic E-state index is 12.6. The first-order valence-electron chi connectivity index (χ1n) is 9.08. The second-order valence-electron chi connectivity index (χ2n) is 6.75. The third-order valence-corrected chi connectivity index (χ3v) is 6.13. The van der Waals surface area contributed by atoms with Gasteiger partial charge in [-0.1, -0.05) is 48.0 Å². The molecule has 0 saturated carbocycles. The monoisotopic (exact) mass is 396 g/mol. The quantitative estimate of drug-likeness (QED) is 0.663. The Labute approximate surface area is 168 Å². The Bertz CT molecular complexity index is 926. The summed E-state index contributed by atoms with van der Waals surface area (Å²) in [4.78, 5) is 15.1. The predicted molar refractivity (Wildman–Crippen MR) is 111 cm³/mol. The second kappa shape index (κ2) is 8.26. The third-order valence-electron chi connectivity index (χ3n) is 5.10. The van der Waals surface area contributed by atoms with Crippen molar-refractivity contribution in [3.05, 3.63) is 92.6 Å². The molecule has 1 amide bonds. The zero-order valence-corrected chi connectivity index (χ0v) is 16.5. The van der Waals surface area contributed by atoms with Gasteiger partial charge in [-0.25, -0.2) is 0 Å². The van der Waals surface area contributed by atoms with E-state index < -0.39 is 0 Å². The summed E-state index contributed by atoms with van der Waals surface area (Å²) in [5.74, 6) is -0.127. The topological polar surface area (TPSA) is 32.3 Å². The van der Waals surface area contributed by atoms with Gasteiger partial charge in [-0.15, -0.1) is 0 Å². The van der Waals surface area contributed by atoms with Crippen molar-refractivity contribution >= 4 is 28.8 Å². The second-order valence-corrected chi connectivity index (χ2v) is 7.94. The van der Waals surface area contributed by atoms with Crippen molar-refractivity contribution in [2.24, 2.45) is 0 Å². The molecule has 1 aliphatic rings. The molecule has 3 nitrogen and oxygen atoms in total. The zero-order valence-electron chi connectivity index (χ0n) is 14.9. The van der Waals surface area contributed by atoms with Crippen LogP contribution in [0.3, 0.4) is 0 Å². The van der Waals surface area contributed by atoms with E-state index in [1.807, 2.05) is 12.1 Å². The number of benzene rings is 2. The van der Waals surface area contributed by atoms with Crippen LogP contribution in [0.4, 0.5) is 0 Å². The first-order chi connectivity index (χ1) is 13.2. The molecule has 0 spiro atoms. The molecule has 0 radical (unpaired) electrons. The van der Waals surface area contributed by atoms with Gasteiger partial charge in [-0.2, -0.15) is 11.3 Å². The third kappa shape index (κ3) is 4.08. The molecule has 1 unspecified atom stereocenters. The van der Waals surface area contributed by atoms with Gasteiger partial charge in [0.25, 0.3) is 5.91 Å². The molecule has 0 bridgehead atoms. The van der Waals surface area contributed by atoms with E-state index in [1.54, 1.807) is 23.5 Å². The van der Waals surface area contributed by atoms with E-state index in [2.05, 4.69) is 51.3 Å². The molecule has 2 aromatic carbocycles. The molecule has 1 aromatic heterocycles. The number of thiophene rings is 1. The zero-order chi connectivity index (χ0) is 18.6. The fourth-order valence-corrected chi connectivity index (χ4v) is 4.56. The van der Waals surface area contributed by atoms with Crippen molar-refractivity contribution in [2.45, 2.75) is 19.0 Å². The average molecular weight is 397 g/mol. The van der Waals surface area contributed by atoms with Gasteiger partial charge in [0.1, 0.15) is 0 Å². The average Bonchev–Trinajstić information content (AvgIpc) is 3.23. The van der Waals surface area contributed by atoms with Crippen molar-refractivity contribution < 1.29 is 4.79 Å². The first-order valence-corrected chi connectivity index (χ1v) is 10.4. The van der Waals surface area contributed by atoms with Gasteiger partial charge in [0.15, 0.2) is 0 Å². The standard InChI is InChI=1S/C22H21ClN2OS/c23-20-8-4-3-7-19(20)22(26)24-13-21(18-10-12-27-15-18)25-11-9-16-5-1-2-6-17(16)14-25/h1-8,10,12,15,21H,9,11,13-14H2,(H,24,26). The van der Waals surface area contributed by atoms with Gasteiger partial charge in [-0.05, 0) is 52.1 Å². The van der Waals surface area contributed by atoms with Crippen molar-refractivity contribution in [1.82, 2.24) is 10.2 Å².